The van der Waals surface area contributed by atoms with Crippen molar-refractivity contribution in [3.05, 3.63) is 54.5 Å². The van der Waals surface area contributed by atoms with E-state index in [0.717, 1.165) is 41.7 Å². The minimum absolute atomic E-state index is 0.0254. The molecule has 1 N–H and O–H groups in total. The van der Waals surface area contributed by atoms with E-state index >= 15 is 0 Å². The number of amides is 1. The second-order valence-corrected chi connectivity index (χ2v) is 9.38. The topological polar surface area (TPSA) is 64.7 Å². The molecule has 3 aromatic heterocycles. The number of nitrogens with one attached hydrogen (secondary N) is 1. The smallest absolute Gasteiger partial charge is 0.268 e. The summed E-state index contributed by atoms with van der Waals surface area (Å²) in [7, 11) is 0. The Hall–Kier alpha value is -3.15. The zero-order valence-electron chi connectivity index (χ0n) is 18.3. The van der Waals surface area contributed by atoms with Crippen molar-refractivity contribution in [3.8, 4) is 5.95 Å². The van der Waals surface area contributed by atoms with Gasteiger partial charge in [-0.25, -0.2) is 9.97 Å². The normalized spacial score (nSPS) is 17.6. The quantitative estimate of drug-likeness (QED) is 0.443. The van der Waals surface area contributed by atoms with Gasteiger partial charge in [0, 0.05) is 30.4 Å². The Morgan fingerprint density at radius 2 is 1.69 bits per heavy atom. The maximum atomic E-state index is 13.6. The van der Waals surface area contributed by atoms with Crippen LogP contribution in [0.15, 0.2) is 48.8 Å². The molecule has 0 unspecified atom stereocenters. The van der Waals surface area contributed by atoms with Gasteiger partial charge in [-0.05, 0) is 49.8 Å². The molecule has 164 valence electrons. The van der Waals surface area contributed by atoms with E-state index in [0.29, 0.717) is 11.6 Å². The van der Waals surface area contributed by atoms with Gasteiger partial charge < -0.3 is 9.88 Å². The molecule has 2 fully saturated rings. The summed E-state index contributed by atoms with van der Waals surface area (Å²) in [6, 6.07) is 12.6. The van der Waals surface area contributed by atoms with Crippen molar-refractivity contribution in [1.82, 2.24) is 24.4 Å². The fourth-order valence-corrected chi connectivity index (χ4v) is 5.22. The molecule has 1 aromatic carbocycles. The van der Waals surface area contributed by atoms with Crippen LogP contribution in [-0.4, -0.2) is 31.1 Å². The maximum Gasteiger partial charge on any atom is 0.268 e. The minimum atomic E-state index is -0.0254. The number of fused-ring (bicyclic) bond motifs is 3. The van der Waals surface area contributed by atoms with E-state index in [1.807, 2.05) is 10.6 Å². The largest absolute Gasteiger partial charge is 0.348 e. The van der Waals surface area contributed by atoms with Gasteiger partial charge in [0.1, 0.15) is 5.69 Å². The lowest BCUT2D eigenvalue weighted by atomic mass is 10.1. The molecular weight excluding hydrogens is 398 g/mol. The fraction of sp³-hybridized carbons (Fsp3) is 0.423. The summed E-state index contributed by atoms with van der Waals surface area (Å²) in [6.07, 6.45) is 13.1. The van der Waals surface area contributed by atoms with Gasteiger partial charge in [0.25, 0.3) is 5.91 Å². The fourth-order valence-electron chi connectivity index (χ4n) is 5.22. The predicted molar refractivity (Wildman–Crippen MR) is 126 cm³/mol. The highest BCUT2D eigenvalue weighted by Gasteiger charge is 2.28. The van der Waals surface area contributed by atoms with E-state index in [1.54, 1.807) is 12.4 Å². The van der Waals surface area contributed by atoms with Crippen LogP contribution in [0.25, 0.3) is 27.9 Å². The molecule has 2 aliphatic rings. The summed E-state index contributed by atoms with van der Waals surface area (Å²) in [5, 5.41) is 4.47. The van der Waals surface area contributed by atoms with E-state index in [2.05, 4.69) is 50.2 Å². The molecule has 0 bridgehead atoms. The van der Waals surface area contributed by atoms with Crippen molar-refractivity contribution < 1.29 is 4.79 Å². The lowest BCUT2D eigenvalue weighted by Crippen LogP contribution is -2.35. The SMILES string of the molecule is O=C(NC1CCCCCC1)c1cc2c(c3ccccc3n2CC2CC2)n1-c1ncccn1. The third-order valence-electron chi connectivity index (χ3n) is 7.03. The third-order valence-corrected chi connectivity index (χ3v) is 7.03. The van der Waals surface area contributed by atoms with E-state index < -0.39 is 0 Å². The zero-order chi connectivity index (χ0) is 21.5. The Kier molecular flexibility index (Phi) is 4.93. The van der Waals surface area contributed by atoms with Crippen LogP contribution < -0.4 is 5.32 Å². The molecule has 2 saturated carbocycles. The van der Waals surface area contributed by atoms with Crippen molar-refractivity contribution >= 4 is 27.8 Å². The molecule has 6 rings (SSSR count). The van der Waals surface area contributed by atoms with Crippen LogP contribution in [0.3, 0.4) is 0 Å². The molecule has 0 aliphatic heterocycles. The van der Waals surface area contributed by atoms with Crippen molar-refractivity contribution in [3.63, 3.8) is 0 Å². The van der Waals surface area contributed by atoms with Crippen LogP contribution in [0.5, 0.6) is 0 Å². The van der Waals surface area contributed by atoms with E-state index in [-0.39, 0.29) is 11.9 Å². The van der Waals surface area contributed by atoms with Crippen molar-refractivity contribution in [2.45, 2.75) is 64.0 Å². The highest BCUT2D eigenvalue weighted by atomic mass is 16.2. The lowest BCUT2D eigenvalue weighted by molar-refractivity contribution is 0.0926. The number of rotatable bonds is 5. The number of hydrogen-bond donors (Lipinski definition) is 1. The average Bonchev–Trinajstić information content (AvgIpc) is 3.55. The Labute approximate surface area is 187 Å². The van der Waals surface area contributed by atoms with Gasteiger partial charge in [0.05, 0.1) is 16.6 Å². The summed E-state index contributed by atoms with van der Waals surface area (Å²) in [6.45, 7) is 0.993. The zero-order valence-corrected chi connectivity index (χ0v) is 18.3. The number of benzene rings is 1. The first kappa shape index (κ1) is 19.5. The van der Waals surface area contributed by atoms with Crippen molar-refractivity contribution in [2.75, 3.05) is 0 Å². The highest BCUT2D eigenvalue weighted by Crippen LogP contribution is 2.38. The van der Waals surface area contributed by atoms with Gasteiger partial charge in [-0.2, -0.15) is 0 Å². The van der Waals surface area contributed by atoms with Gasteiger partial charge in [-0.1, -0.05) is 43.9 Å². The van der Waals surface area contributed by atoms with E-state index in [1.165, 1.54) is 44.0 Å². The molecule has 3 heterocycles. The van der Waals surface area contributed by atoms with Gasteiger partial charge >= 0.3 is 0 Å². The van der Waals surface area contributed by atoms with Crippen LogP contribution in [0.4, 0.5) is 0 Å². The first-order valence-electron chi connectivity index (χ1n) is 12.0. The molecule has 2 aliphatic carbocycles. The van der Waals surface area contributed by atoms with E-state index in [4.69, 9.17) is 0 Å². The average molecular weight is 428 g/mol. The van der Waals surface area contributed by atoms with E-state index in [9.17, 15) is 4.79 Å². The van der Waals surface area contributed by atoms with Crippen LogP contribution >= 0.6 is 0 Å². The molecule has 6 nitrogen and oxygen atoms in total. The Morgan fingerprint density at radius 3 is 2.44 bits per heavy atom. The Balaban J connectivity index is 1.52. The molecule has 0 atom stereocenters. The highest BCUT2D eigenvalue weighted by molar-refractivity contribution is 6.11. The first-order valence-corrected chi connectivity index (χ1v) is 12.0. The standard InChI is InChI=1S/C26H29N5O/c32-25(29-19-8-3-1-2-4-9-19)23-16-22-24(31(23)26-27-14-7-15-28-26)20-10-5-6-11-21(20)30(22)17-18-12-13-18/h5-7,10-11,14-16,18-19H,1-4,8-9,12-13,17H2,(H,29,32). The molecule has 32 heavy (non-hydrogen) atoms. The maximum absolute atomic E-state index is 13.6. The number of aromatic nitrogens is 4. The second-order valence-electron chi connectivity index (χ2n) is 9.38. The van der Waals surface area contributed by atoms with Gasteiger partial charge in [0.2, 0.25) is 5.95 Å². The van der Waals surface area contributed by atoms with Gasteiger partial charge in [-0.15, -0.1) is 0 Å². The van der Waals surface area contributed by atoms with Crippen LogP contribution in [-0.2, 0) is 6.54 Å². The van der Waals surface area contributed by atoms with Crippen LogP contribution in [0.1, 0.15) is 61.9 Å². The monoisotopic (exact) mass is 427 g/mol. The molecule has 4 aromatic rings. The lowest BCUT2D eigenvalue weighted by Gasteiger charge is -2.17. The summed E-state index contributed by atoms with van der Waals surface area (Å²) >= 11 is 0. The number of carbonyl (C=O) groups is 1. The molecule has 0 saturated heterocycles. The number of para-hydroxylation sites is 1. The summed E-state index contributed by atoms with van der Waals surface area (Å²) < 4.78 is 4.36. The minimum Gasteiger partial charge on any atom is -0.348 e. The first-order chi connectivity index (χ1) is 15.8. The third kappa shape index (κ3) is 3.48. The molecule has 1 amide bonds. The predicted octanol–water partition coefficient (Wildman–Crippen LogP) is 5.24. The van der Waals surface area contributed by atoms with Crippen LogP contribution in [0, 0.1) is 5.92 Å². The summed E-state index contributed by atoms with van der Waals surface area (Å²) in [5.74, 6) is 1.25. The number of hydrogen-bond acceptors (Lipinski definition) is 3. The summed E-state index contributed by atoms with van der Waals surface area (Å²) in [4.78, 5) is 22.6. The Morgan fingerprint density at radius 1 is 0.938 bits per heavy atom. The number of nitrogens with zero attached hydrogens (tertiary/aromatic N) is 4. The Bertz CT molecular complexity index is 1260. The number of carbonyl (C=O) groups excluding carboxylic acids is 1. The molecule has 0 spiro atoms. The molecule has 0 radical (unpaired) electrons. The second kappa shape index (κ2) is 8.08. The van der Waals surface area contributed by atoms with Gasteiger partial charge in [0.15, 0.2) is 0 Å². The van der Waals surface area contributed by atoms with Gasteiger partial charge in [-0.3, -0.25) is 9.36 Å². The van der Waals surface area contributed by atoms with Crippen molar-refractivity contribution in [1.29, 1.82) is 0 Å². The van der Waals surface area contributed by atoms with Crippen LogP contribution in [0.2, 0.25) is 0 Å². The van der Waals surface area contributed by atoms with Crippen molar-refractivity contribution in [2.24, 2.45) is 5.92 Å². The molecular formula is C26H29N5O. The molecule has 6 heteroatoms. The summed E-state index contributed by atoms with van der Waals surface area (Å²) in [5.41, 5.74) is 3.96.